The van der Waals surface area contributed by atoms with E-state index >= 15 is 0 Å². The van der Waals surface area contributed by atoms with Crippen molar-refractivity contribution in [3.8, 4) is 5.88 Å². The molecule has 2 amide bonds. The Hall–Kier alpha value is -4.14. The molecule has 1 saturated heterocycles. The predicted octanol–water partition coefficient (Wildman–Crippen LogP) is 3.58. The number of esters is 1. The number of fused-ring (bicyclic) bond motifs is 1. The first-order chi connectivity index (χ1) is 21.2. The van der Waals surface area contributed by atoms with Crippen LogP contribution in [-0.4, -0.2) is 89.9 Å². The van der Waals surface area contributed by atoms with Gasteiger partial charge >= 0.3 is 24.1 Å². The van der Waals surface area contributed by atoms with Gasteiger partial charge in [-0.05, 0) is 56.2 Å². The largest absolute Gasteiger partial charge is 0.492 e. The topological polar surface area (TPSA) is 135 Å². The lowest BCUT2D eigenvalue weighted by atomic mass is 10.0. The molecule has 1 atom stereocenters. The highest BCUT2D eigenvalue weighted by Gasteiger charge is 2.41. The standard InChI is InChI=1S/C29H37F3N6O6/c1-2-42-25(39)18-23(21-9-11-24(34-19-21)43-17-5-13-35-44-27(40)29(30,31)32)38-16-15-37(28(38)41)14-4-7-22-10-8-20-6-3-12-33-26(20)36-22/h8-11,19,23,35H,2-7,12-18H2,1H3,(H,33,36)/t23-/m0/s1. The number of carbonyl (C=O) groups excluding carboxylic acids is 3. The number of aromatic nitrogens is 2. The van der Waals surface area contributed by atoms with Crippen LogP contribution < -0.4 is 15.5 Å². The molecule has 12 nitrogen and oxygen atoms in total. The molecule has 0 saturated carbocycles. The summed E-state index contributed by atoms with van der Waals surface area (Å²) < 4.78 is 47.1. The van der Waals surface area contributed by atoms with E-state index < -0.39 is 24.2 Å². The fourth-order valence-corrected chi connectivity index (χ4v) is 5.01. The summed E-state index contributed by atoms with van der Waals surface area (Å²) >= 11 is 0. The number of urea groups is 1. The number of amides is 2. The summed E-state index contributed by atoms with van der Waals surface area (Å²) in [6.45, 7) is 4.41. The molecule has 4 heterocycles. The molecule has 240 valence electrons. The first-order valence-electron chi connectivity index (χ1n) is 14.7. The van der Waals surface area contributed by atoms with E-state index in [0.717, 1.165) is 43.7 Å². The Morgan fingerprint density at radius 1 is 1.16 bits per heavy atom. The number of pyridine rings is 2. The third kappa shape index (κ3) is 9.18. The number of hydroxylamine groups is 1. The van der Waals surface area contributed by atoms with E-state index in [4.69, 9.17) is 14.5 Å². The lowest BCUT2D eigenvalue weighted by Gasteiger charge is -2.27. The van der Waals surface area contributed by atoms with Crippen LogP contribution in [0.4, 0.5) is 23.8 Å². The molecule has 2 aromatic rings. The summed E-state index contributed by atoms with van der Waals surface area (Å²) in [5, 5.41) is 3.35. The second-order valence-electron chi connectivity index (χ2n) is 10.3. The van der Waals surface area contributed by atoms with Gasteiger partial charge in [-0.3, -0.25) is 4.79 Å². The fourth-order valence-electron chi connectivity index (χ4n) is 5.01. The van der Waals surface area contributed by atoms with Crippen molar-refractivity contribution in [2.45, 2.75) is 57.7 Å². The maximum absolute atomic E-state index is 13.4. The van der Waals surface area contributed by atoms with Crippen molar-refractivity contribution in [3.05, 3.63) is 47.3 Å². The third-order valence-electron chi connectivity index (χ3n) is 7.19. The van der Waals surface area contributed by atoms with Crippen LogP contribution in [0.1, 0.15) is 55.5 Å². The SMILES string of the molecule is CCOC(=O)C[C@@H](c1ccc(OCCCNOC(=O)C(F)(F)F)nc1)N1CCN(CCCc2ccc3c(n2)NCCC3)C1=O. The summed E-state index contributed by atoms with van der Waals surface area (Å²) in [6, 6.07) is 6.71. The number of nitrogens with one attached hydrogen (secondary N) is 2. The normalized spacial score (nSPS) is 15.4. The van der Waals surface area contributed by atoms with Crippen molar-refractivity contribution in [1.82, 2.24) is 25.2 Å². The van der Waals surface area contributed by atoms with E-state index in [-0.39, 0.29) is 44.5 Å². The van der Waals surface area contributed by atoms with Crippen LogP contribution in [0, 0.1) is 0 Å². The van der Waals surface area contributed by atoms with E-state index in [1.165, 1.54) is 11.8 Å². The van der Waals surface area contributed by atoms with Crippen molar-refractivity contribution < 1.29 is 41.9 Å². The van der Waals surface area contributed by atoms with Crippen LogP contribution in [0.3, 0.4) is 0 Å². The average Bonchev–Trinajstić information content (AvgIpc) is 3.37. The van der Waals surface area contributed by atoms with E-state index in [0.29, 0.717) is 25.2 Å². The summed E-state index contributed by atoms with van der Waals surface area (Å²) in [7, 11) is 0. The summed E-state index contributed by atoms with van der Waals surface area (Å²) in [6.07, 6.45) is 0.268. The summed E-state index contributed by atoms with van der Waals surface area (Å²) in [4.78, 5) is 52.9. The Balaban J connectivity index is 1.28. The molecule has 0 bridgehead atoms. The maximum atomic E-state index is 13.4. The molecule has 0 spiro atoms. The van der Waals surface area contributed by atoms with Crippen molar-refractivity contribution >= 4 is 23.8 Å². The zero-order chi connectivity index (χ0) is 31.5. The van der Waals surface area contributed by atoms with Crippen molar-refractivity contribution in [3.63, 3.8) is 0 Å². The lowest BCUT2D eigenvalue weighted by Crippen LogP contribution is -2.36. The van der Waals surface area contributed by atoms with Crippen LogP contribution in [0.5, 0.6) is 5.88 Å². The minimum atomic E-state index is -5.07. The Kier molecular flexibility index (Phi) is 11.6. The van der Waals surface area contributed by atoms with Gasteiger partial charge in [0, 0.05) is 50.7 Å². The van der Waals surface area contributed by atoms with Crippen molar-refractivity contribution in [2.75, 3.05) is 51.3 Å². The smallest absolute Gasteiger partial charge is 0.478 e. The second kappa shape index (κ2) is 15.5. The van der Waals surface area contributed by atoms with Gasteiger partial charge in [0.05, 0.1) is 25.7 Å². The van der Waals surface area contributed by atoms with Crippen molar-refractivity contribution in [2.24, 2.45) is 0 Å². The Morgan fingerprint density at radius 2 is 2.00 bits per heavy atom. The van der Waals surface area contributed by atoms with Gasteiger partial charge < -0.3 is 29.4 Å². The first kappa shape index (κ1) is 32.8. The number of nitrogens with zero attached hydrogens (tertiary/aromatic N) is 4. The highest BCUT2D eigenvalue weighted by molar-refractivity contribution is 5.78. The second-order valence-corrected chi connectivity index (χ2v) is 10.3. The van der Waals surface area contributed by atoms with Crippen LogP contribution in [0.15, 0.2) is 30.5 Å². The van der Waals surface area contributed by atoms with Gasteiger partial charge in [0.1, 0.15) is 5.82 Å². The number of rotatable bonds is 15. The summed E-state index contributed by atoms with van der Waals surface area (Å²) in [5.41, 5.74) is 4.79. The Morgan fingerprint density at radius 3 is 2.75 bits per heavy atom. The average molecular weight is 623 g/mol. The molecule has 0 aliphatic carbocycles. The number of alkyl halides is 3. The monoisotopic (exact) mass is 622 g/mol. The Bertz CT molecular complexity index is 1280. The van der Waals surface area contributed by atoms with Crippen LogP contribution >= 0.6 is 0 Å². The molecule has 4 rings (SSSR count). The first-order valence-corrected chi connectivity index (χ1v) is 14.7. The van der Waals surface area contributed by atoms with Crippen LogP contribution in [-0.2, 0) is 32.0 Å². The molecule has 15 heteroatoms. The highest BCUT2D eigenvalue weighted by atomic mass is 19.4. The summed E-state index contributed by atoms with van der Waals surface area (Å²) in [5.74, 6) is -1.56. The van der Waals surface area contributed by atoms with Crippen LogP contribution in [0.2, 0.25) is 0 Å². The van der Waals surface area contributed by atoms with Gasteiger partial charge in [0.25, 0.3) is 0 Å². The molecule has 2 aliphatic rings. The van der Waals surface area contributed by atoms with Gasteiger partial charge in [0.15, 0.2) is 0 Å². The predicted molar refractivity (Wildman–Crippen MR) is 152 cm³/mol. The van der Waals surface area contributed by atoms with Crippen molar-refractivity contribution in [1.29, 1.82) is 0 Å². The highest BCUT2D eigenvalue weighted by Crippen LogP contribution is 2.29. The third-order valence-corrected chi connectivity index (χ3v) is 7.19. The fraction of sp³-hybridized carbons (Fsp3) is 0.552. The Labute approximate surface area is 253 Å². The minimum Gasteiger partial charge on any atom is -0.478 e. The minimum absolute atomic E-state index is 0.0380. The molecule has 0 aromatic carbocycles. The molecule has 44 heavy (non-hydrogen) atoms. The van der Waals surface area contributed by atoms with E-state index in [1.54, 1.807) is 28.9 Å². The van der Waals surface area contributed by atoms with Gasteiger partial charge in [-0.15, -0.1) is 0 Å². The number of halogens is 3. The zero-order valence-corrected chi connectivity index (χ0v) is 24.5. The molecule has 0 radical (unpaired) electrons. The molecule has 1 fully saturated rings. The maximum Gasteiger partial charge on any atom is 0.492 e. The number of ether oxygens (including phenoxy) is 2. The van der Waals surface area contributed by atoms with E-state index in [9.17, 15) is 27.6 Å². The van der Waals surface area contributed by atoms with Gasteiger partial charge in [-0.1, -0.05) is 12.1 Å². The molecular weight excluding hydrogens is 585 g/mol. The molecule has 2 aliphatic heterocycles. The number of anilines is 1. The number of aryl methyl sites for hydroxylation is 2. The number of hydrogen-bond acceptors (Lipinski definition) is 10. The molecule has 0 unspecified atom stereocenters. The number of hydrogen-bond donors (Lipinski definition) is 2. The van der Waals surface area contributed by atoms with Gasteiger partial charge in [-0.25, -0.2) is 19.6 Å². The quantitative estimate of drug-likeness (QED) is 0.172. The zero-order valence-electron chi connectivity index (χ0n) is 24.5. The van der Waals surface area contributed by atoms with E-state index in [1.807, 2.05) is 11.5 Å². The van der Waals surface area contributed by atoms with Crippen LogP contribution in [0.25, 0.3) is 0 Å². The lowest BCUT2D eigenvalue weighted by molar-refractivity contribution is -0.206. The molecular formula is C29H37F3N6O6. The van der Waals surface area contributed by atoms with Gasteiger partial charge in [-0.2, -0.15) is 18.7 Å². The molecule has 2 aromatic heterocycles. The number of carbonyl (C=O) groups is 3. The molecule has 2 N–H and O–H groups in total. The van der Waals surface area contributed by atoms with E-state index in [2.05, 4.69) is 21.2 Å². The van der Waals surface area contributed by atoms with Gasteiger partial charge in [0.2, 0.25) is 5.88 Å².